The molecule has 23 heavy (non-hydrogen) atoms. The summed E-state index contributed by atoms with van der Waals surface area (Å²) in [5, 5.41) is 4.76. The molecule has 0 fully saturated rings. The number of para-hydroxylation sites is 1. The fraction of sp³-hybridized carbons (Fsp3) is 0. The Morgan fingerprint density at radius 1 is 1.00 bits per heavy atom. The highest BCUT2D eigenvalue weighted by Crippen LogP contribution is 2.12. The molecule has 3 rings (SSSR count). The molecule has 0 spiro atoms. The van der Waals surface area contributed by atoms with E-state index in [0.29, 0.717) is 5.36 Å². The summed E-state index contributed by atoms with van der Waals surface area (Å²) < 4.78 is 4.39. The largest absolute Gasteiger partial charge is 0.351 e. The van der Waals surface area contributed by atoms with Gasteiger partial charge in [-0.15, -0.1) is 0 Å². The Hall–Kier alpha value is -2.86. The van der Waals surface area contributed by atoms with Crippen LogP contribution in [0.5, 0.6) is 0 Å². The van der Waals surface area contributed by atoms with E-state index in [1.54, 1.807) is 23.1 Å². The highest BCUT2D eigenvalue weighted by Gasteiger charge is 1.99. The molecule has 6 heteroatoms. The molecule has 0 bridgehead atoms. The molecule has 1 aromatic heterocycles. The van der Waals surface area contributed by atoms with E-state index in [0.717, 1.165) is 10.6 Å². The molecule has 0 aliphatic carbocycles. The van der Waals surface area contributed by atoms with Gasteiger partial charge in [0.1, 0.15) is 0 Å². The van der Waals surface area contributed by atoms with E-state index in [4.69, 9.17) is 0 Å². The molecular formula is C17H14N4OS. The zero-order chi connectivity index (χ0) is 15.9. The van der Waals surface area contributed by atoms with Gasteiger partial charge in [-0.05, 0) is 42.3 Å². The van der Waals surface area contributed by atoms with Crippen LogP contribution in [0.25, 0.3) is 5.69 Å². The van der Waals surface area contributed by atoms with E-state index in [2.05, 4.69) is 14.8 Å². The second-order valence-electron chi connectivity index (χ2n) is 4.60. The first-order valence-corrected chi connectivity index (χ1v) is 7.80. The van der Waals surface area contributed by atoms with E-state index in [1.165, 1.54) is 11.9 Å². The number of benzene rings is 2. The molecule has 2 aromatic carbocycles. The average molecular weight is 322 g/mol. The maximum atomic E-state index is 11.8. The van der Waals surface area contributed by atoms with Gasteiger partial charge in [-0.3, -0.25) is 4.72 Å². The Labute approximate surface area is 137 Å². The summed E-state index contributed by atoms with van der Waals surface area (Å²) in [7, 11) is 0. The van der Waals surface area contributed by atoms with Gasteiger partial charge in [0.2, 0.25) is 0 Å². The van der Waals surface area contributed by atoms with Crippen molar-refractivity contribution in [3.8, 4) is 5.69 Å². The van der Waals surface area contributed by atoms with Crippen LogP contribution >= 0.6 is 11.9 Å². The summed E-state index contributed by atoms with van der Waals surface area (Å²) in [6, 6.07) is 20.6. The zero-order valence-corrected chi connectivity index (χ0v) is 13.0. The molecule has 0 aliphatic heterocycles. The number of rotatable bonds is 3. The summed E-state index contributed by atoms with van der Waals surface area (Å²) >= 11 is 1.23. The summed E-state index contributed by atoms with van der Waals surface area (Å²) in [6.45, 7) is 0. The Morgan fingerprint density at radius 2 is 1.70 bits per heavy atom. The van der Waals surface area contributed by atoms with Gasteiger partial charge in [-0.25, -0.2) is 9.48 Å². The minimum atomic E-state index is -0.418. The number of amides is 2. The summed E-state index contributed by atoms with van der Waals surface area (Å²) in [4.78, 5) is 16.7. The highest BCUT2D eigenvalue weighted by atomic mass is 32.2. The Bertz CT molecular complexity index is 827. The van der Waals surface area contributed by atoms with Crippen molar-refractivity contribution in [1.29, 1.82) is 0 Å². The number of aromatic nitrogens is 2. The lowest BCUT2D eigenvalue weighted by molar-refractivity contribution is 0.254. The number of hydrogen-bond donors (Lipinski definition) is 1. The number of carbonyl (C=O) groups is 1. The van der Waals surface area contributed by atoms with Crippen molar-refractivity contribution in [2.45, 2.75) is 4.90 Å². The average Bonchev–Trinajstić information content (AvgIpc) is 2.62. The van der Waals surface area contributed by atoms with Gasteiger partial charge in [-0.1, -0.05) is 36.4 Å². The smallest absolute Gasteiger partial charge is 0.276 e. The molecule has 0 atom stereocenters. The molecule has 1 N–H and O–H groups in total. The van der Waals surface area contributed by atoms with Crippen molar-refractivity contribution < 1.29 is 4.79 Å². The van der Waals surface area contributed by atoms with E-state index in [1.807, 2.05) is 60.7 Å². The quantitative estimate of drug-likeness (QED) is 0.753. The van der Waals surface area contributed by atoms with Crippen LogP contribution in [0.1, 0.15) is 0 Å². The normalized spacial score (nSPS) is 11.2. The molecule has 0 radical (unpaired) electrons. The van der Waals surface area contributed by atoms with Crippen LogP contribution in [0, 0.1) is 0 Å². The molecule has 5 nitrogen and oxygen atoms in total. The number of nitrogens with zero attached hydrogens (tertiary/aromatic N) is 3. The SMILES string of the molecule is O=C(N=c1ccn(-c2ccccc2)nc1)NSc1ccccc1. The molecule has 0 saturated heterocycles. The topological polar surface area (TPSA) is 59.3 Å². The highest BCUT2D eigenvalue weighted by molar-refractivity contribution is 7.98. The molecule has 3 aromatic rings. The molecular weight excluding hydrogens is 308 g/mol. The van der Waals surface area contributed by atoms with Crippen LogP contribution in [0.15, 0.2) is 89.0 Å². The lowest BCUT2D eigenvalue weighted by Gasteiger charge is -2.03. The summed E-state index contributed by atoms with van der Waals surface area (Å²) in [5.74, 6) is 0. The van der Waals surface area contributed by atoms with Gasteiger partial charge in [0, 0.05) is 11.1 Å². The van der Waals surface area contributed by atoms with E-state index < -0.39 is 6.03 Å². The number of nitrogens with one attached hydrogen (secondary N) is 1. The van der Waals surface area contributed by atoms with E-state index in [-0.39, 0.29) is 0 Å². The molecule has 1 heterocycles. The van der Waals surface area contributed by atoms with Gasteiger partial charge >= 0.3 is 6.03 Å². The van der Waals surface area contributed by atoms with Crippen LogP contribution < -0.4 is 10.1 Å². The number of hydrogen-bond acceptors (Lipinski definition) is 3. The van der Waals surface area contributed by atoms with Crippen LogP contribution in [0.2, 0.25) is 0 Å². The third-order valence-electron chi connectivity index (χ3n) is 2.95. The van der Waals surface area contributed by atoms with Gasteiger partial charge in [0.15, 0.2) is 0 Å². The van der Waals surface area contributed by atoms with Crippen LogP contribution in [0.4, 0.5) is 4.79 Å². The first kappa shape index (κ1) is 15.1. The fourth-order valence-corrected chi connectivity index (χ4v) is 2.42. The van der Waals surface area contributed by atoms with Crippen molar-refractivity contribution in [3.05, 3.63) is 84.5 Å². The van der Waals surface area contributed by atoms with E-state index in [9.17, 15) is 4.79 Å². The lowest BCUT2D eigenvalue weighted by atomic mass is 10.3. The van der Waals surface area contributed by atoms with Crippen LogP contribution in [-0.4, -0.2) is 15.8 Å². The van der Waals surface area contributed by atoms with Gasteiger partial charge in [-0.2, -0.15) is 10.1 Å². The van der Waals surface area contributed by atoms with E-state index >= 15 is 0 Å². The van der Waals surface area contributed by atoms with Crippen molar-refractivity contribution in [2.24, 2.45) is 4.99 Å². The van der Waals surface area contributed by atoms with Crippen LogP contribution in [0.3, 0.4) is 0 Å². The van der Waals surface area contributed by atoms with Gasteiger partial charge in [0.25, 0.3) is 0 Å². The third-order valence-corrected chi connectivity index (χ3v) is 3.74. The molecule has 0 unspecified atom stereocenters. The Morgan fingerprint density at radius 3 is 2.35 bits per heavy atom. The fourth-order valence-electron chi connectivity index (χ4n) is 1.88. The predicted molar refractivity (Wildman–Crippen MR) is 90.0 cm³/mol. The monoisotopic (exact) mass is 322 g/mol. The van der Waals surface area contributed by atoms with Gasteiger partial charge in [0.05, 0.1) is 17.2 Å². The minimum absolute atomic E-state index is 0.418. The lowest BCUT2D eigenvalue weighted by Crippen LogP contribution is -2.16. The second-order valence-corrected chi connectivity index (χ2v) is 5.48. The number of carbonyl (C=O) groups excluding carboxylic acids is 1. The summed E-state index contributed by atoms with van der Waals surface area (Å²) in [6.07, 6.45) is 3.32. The summed E-state index contributed by atoms with van der Waals surface area (Å²) in [5.41, 5.74) is 0.947. The Balaban J connectivity index is 1.66. The molecule has 2 amide bonds. The minimum Gasteiger partial charge on any atom is -0.276 e. The first-order valence-electron chi connectivity index (χ1n) is 6.98. The third kappa shape index (κ3) is 4.31. The second kappa shape index (κ2) is 7.42. The molecule has 0 saturated carbocycles. The first-order chi connectivity index (χ1) is 11.3. The zero-order valence-electron chi connectivity index (χ0n) is 12.2. The van der Waals surface area contributed by atoms with Crippen molar-refractivity contribution >= 4 is 18.0 Å². The maximum absolute atomic E-state index is 11.8. The van der Waals surface area contributed by atoms with Crippen molar-refractivity contribution in [2.75, 3.05) is 0 Å². The van der Waals surface area contributed by atoms with Crippen LogP contribution in [-0.2, 0) is 0 Å². The Kier molecular flexibility index (Phi) is 4.85. The van der Waals surface area contributed by atoms with Gasteiger partial charge < -0.3 is 0 Å². The number of urea groups is 1. The predicted octanol–water partition coefficient (Wildman–Crippen LogP) is 3.19. The standard InChI is InChI=1S/C17H14N4OS/c22-17(20-23-16-9-5-2-6-10-16)19-14-11-12-21(18-13-14)15-7-3-1-4-8-15/h1-13H,(H,20,22). The maximum Gasteiger partial charge on any atom is 0.351 e. The molecule has 114 valence electrons. The van der Waals surface area contributed by atoms with Crippen molar-refractivity contribution in [3.63, 3.8) is 0 Å². The molecule has 0 aliphatic rings. The van der Waals surface area contributed by atoms with Crippen molar-refractivity contribution in [1.82, 2.24) is 14.5 Å².